The number of alkyl halides is 6. The van der Waals surface area contributed by atoms with Crippen LogP contribution in [0.2, 0.25) is 0 Å². The first kappa shape index (κ1) is 47.5. The number of H-pyrrole nitrogens is 2. The average Bonchev–Trinajstić information content (AvgIpc) is 3.67. The van der Waals surface area contributed by atoms with E-state index in [1.165, 1.54) is 22.1 Å². The van der Waals surface area contributed by atoms with Gasteiger partial charge >= 0.3 is 35.5 Å². The molecule has 0 bridgehead atoms. The quantitative estimate of drug-likeness (QED) is 0.0721. The zero-order chi connectivity index (χ0) is 41.6. The number of carbonyl (C=O) groups is 2. The van der Waals surface area contributed by atoms with Crippen LogP contribution in [0.4, 0.5) is 26.3 Å². The summed E-state index contributed by atoms with van der Waals surface area (Å²) < 4.78 is 82.6. The molecule has 18 nitrogen and oxygen atoms in total. The van der Waals surface area contributed by atoms with Gasteiger partial charge in [0.2, 0.25) is 0 Å². The van der Waals surface area contributed by atoms with Crippen LogP contribution in [-0.4, -0.2) is 108 Å². The lowest BCUT2D eigenvalue weighted by atomic mass is 10.2. The predicted octanol–water partition coefficient (Wildman–Crippen LogP) is -1.73. The Morgan fingerprint density at radius 3 is 1.70 bits per heavy atom. The second-order valence-corrected chi connectivity index (χ2v) is 11.3. The van der Waals surface area contributed by atoms with E-state index in [0.717, 1.165) is 16.1 Å². The number of nitrogens with one attached hydrogen (secondary N) is 4. The summed E-state index contributed by atoms with van der Waals surface area (Å²) in [7, 11) is 0. The van der Waals surface area contributed by atoms with E-state index in [0.29, 0.717) is 3.57 Å². The Balaban J connectivity index is 0.000000445. The largest absolute Gasteiger partial charge is 0.472 e. The Bertz CT molecular complexity index is 1930. The molecule has 4 heterocycles. The van der Waals surface area contributed by atoms with E-state index < -0.39 is 96.7 Å². The fourth-order valence-electron chi connectivity index (χ4n) is 4.06. The first-order valence-corrected chi connectivity index (χ1v) is 16.1. The van der Waals surface area contributed by atoms with E-state index in [1.807, 2.05) is 18.8 Å². The van der Waals surface area contributed by atoms with Crippen LogP contribution in [0.3, 0.4) is 0 Å². The zero-order valence-corrected chi connectivity index (χ0v) is 30.0. The molecule has 0 aromatic carbocycles. The van der Waals surface area contributed by atoms with Crippen molar-refractivity contribution in [3.05, 3.63) is 63.2 Å². The maximum atomic E-state index is 12.0. The Morgan fingerprint density at radius 1 is 0.870 bits per heavy atom. The summed E-state index contributed by atoms with van der Waals surface area (Å²) in [4.78, 5) is 70.7. The Hall–Kier alpha value is -4.51. The van der Waals surface area contributed by atoms with Crippen LogP contribution in [0.25, 0.3) is 0 Å². The monoisotopic (exact) mass is 898 g/mol. The van der Waals surface area contributed by atoms with Crippen LogP contribution in [0.15, 0.2) is 31.6 Å². The molecule has 2 saturated heterocycles. The van der Waals surface area contributed by atoms with Crippen LogP contribution >= 0.6 is 22.6 Å². The normalized spacial score (nSPS) is 21.6. The third kappa shape index (κ3) is 14.0. The standard InChI is InChI=1S/C14H14F3N3O6.C9H11IN2O5.C4H2F3NO.C2H6/c15-14(16,17)12(24)18-3-1-2-7-5-20(13(25)19-11(7)23)10-4-8(22)9(6-21)26-10;10-4-2-12(9(16)11-8(4)15)7-1-5(14)6(3-13)17-7;1-2-8-3(9)4(5,6)7;1-2/h5,8-10,21-22H,3-4,6H2,(H,18,24)(H,19,23,25);2,5-7,13-14H,1,3H2,(H,11,15,16);1H,(H,8,9);1-2H3. The van der Waals surface area contributed by atoms with Gasteiger partial charge in [-0.15, -0.1) is 0 Å². The molecule has 0 spiro atoms. The van der Waals surface area contributed by atoms with E-state index in [9.17, 15) is 65.3 Å². The topological polar surface area (TPSA) is 267 Å². The molecule has 54 heavy (non-hydrogen) atoms. The summed E-state index contributed by atoms with van der Waals surface area (Å²) >= 11 is 1.80. The second-order valence-electron chi connectivity index (χ2n) is 10.2. The van der Waals surface area contributed by atoms with Gasteiger partial charge in [0.05, 0.1) is 35.5 Å². The van der Waals surface area contributed by atoms with Crippen LogP contribution in [-0.2, 0) is 19.1 Å². The fraction of sp³-hybridized carbons (Fsp3) is 0.517. The minimum absolute atomic E-state index is 0.0221. The van der Waals surface area contributed by atoms with Gasteiger partial charge in [-0.1, -0.05) is 32.1 Å². The highest BCUT2D eigenvalue weighted by atomic mass is 127. The third-order valence-electron chi connectivity index (χ3n) is 6.54. The number of rotatable bonds is 5. The summed E-state index contributed by atoms with van der Waals surface area (Å²) in [5.41, 5.74) is -3.02. The number of aromatic nitrogens is 4. The molecule has 6 unspecified atom stereocenters. The van der Waals surface area contributed by atoms with Crippen molar-refractivity contribution in [2.24, 2.45) is 0 Å². The number of aromatic amines is 2. The summed E-state index contributed by atoms with van der Waals surface area (Å²) in [6, 6.07) is 1.35. The van der Waals surface area contributed by atoms with Crippen molar-refractivity contribution in [1.29, 1.82) is 0 Å². The van der Waals surface area contributed by atoms with Gasteiger partial charge < -0.3 is 35.2 Å². The van der Waals surface area contributed by atoms with Gasteiger partial charge in [0.25, 0.3) is 11.1 Å². The van der Waals surface area contributed by atoms with Crippen molar-refractivity contribution in [3.63, 3.8) is 0 Å². The molecule has 4 rings (SSSR count). The molecule has 2 aromatic rings. The third-order valence-corrected chi connectivity index (χ3v) is 7.31. The molecule has 25 heteroatoms. The van der Waals surface area contributed by atoms with E-state index in [2.05, 4.69) is 23.2 Å². The molecule has 2 amide bonds. The van der Waals surface area contributed by atoms with Gasteiger partial charge in [-0.2, -0.15) is 26.3 Å². The Kier molecular flexibility index (Phi) is 18.8. The molecule has 300 valence electrons. The summed E-state index contributed by atoms with van der Waals surface area (Å²) in [6.07, 6.45) is -8.06. The van der Waals surface area contributed by atoms with Crippen molar-refractivity contribution in [2.45, 2.75) is 75.9 Å². The first-order valence-electron chi connectivity index (χ1n) is 15.1. The molecule has 0 saturated carbocycles. The highest BCUT2D eigenvalue weighted by Gasteiger charge is 2.39. The maximum Gasteiger partial charge on any atom is 0.472 e. The lowest BCUT2D eigenvalue weighted by molar-refractivity contribution is -0.173. The number of amides is 2. The highest BCUT2D eigenvalue weighted by molar-refractivity contribution is 14.1. The number of aliphatic hydroxyl groups excluding tert-OH is 4. The fourth-order valence-corrected chi connectivity index (χ4v) is 4.50. The SMILES string of the molecule is C#CNC(=O)C(F)(F)F.CC.O=C(NCC#Cc1cn(C2CC(O)C(CO)O2)c(=O)[nH]c1=O)C(F)(F)F.O=c1[nH]c(=O)n(C2CC(O)C(CO)O2)cc1I. The molecule has 8 N–H and O–H groups in total. The van der Waals surface area contributed by atoms with Crippen molar-refractivity contribution >= 4 is 34.4 Å². The number of terminal acetylenes is 1. The molecule has 2 aliphatic rings. The maximum absolute atomic E-state index is 12.0. The number of carbonyl (C=O) groups excluding carboxylic acids is 2. The number of aliphatic hydroxyl groups is 4. The lowest BCUT2D eigenvalue weighted by Gasteiger charge is -2.14. The Morgan fingerprint density at radius 2 is 1.31 bits per heavy atom. The highest BCUT2D eigenvalue weighted by Crippen LogP contribution is 2.28. The summed E-state index contributed by atoms with van der Waals surface area (Å²) in [5, 5.41) is 39.9. The second kappa shape index (κ2) is 21.4. The first-order chi connectivity index (χ1) is 25.1. The van der Waals surface area contributed by atoms with Gasteiger partial charge in [0.1, 0.15) is 30.2 Å². The van der Waals surface area contributed by atoms with E-state index in [-0.39, 0.29) is 25.0 Å². The van der Waals surface area contributed by atoms with Crippen molar-refractivity contribution in [2.75, 3.05) is 19.8 Å². The molecule has 0 radical (unpaired) electrons. The van der Waals surface area contributed by atoms with E-state index in [1.54, 1.807) is 22.6 Å². The molecule has 2 aromatic heterocycles. The van der Waals surface area contributed by atoms with Crippen LogP contribution in [0.5, 0.6) is 0 Å². The molecular weight excluding hydrogens is 865 g/mol. The van der Waals surface area contributed by atoms with Crippen molar-refractivity contribution in [3.8, 4) is 24.3 Å². The minimum atomic E-state index is -5.05. The minimum Gasteiger partial charge on any atom is -0.394 e. The number of nitrogens with zero attached hydrogens (tertiary/aromatic N) is 2. The Labute approximate surface area is 312 Å². The number of ether oxygens (including phenoxy) is 2. The summed E-state index contributed by atoms with van der Waals surface area (Å²) in [5.74, 6) is 0.116. The van der Waals surface area contributed by atoms with Gasteiger partial charge in [-0.3, -0.25) is 43.6 Å². The van der Waals surface area contributed by atoms with Gasteiger partial charge in [-0.25, -0.2) is 9.59 Å². The van der Waals surface area contributed by atoms with Gasteiger partial charge in [0, 0.05) is 31.3 Å². The van der Waals surface area contributed by atoms with Gasteiger partial charge in [0.15, 0.2) is 0 Å². The number of hydrogen-bond donors (Lipinski definition) is 8. The van der Waals surface area contributed by atoms with Crippen LogP contribution < -0.4 is 33.1 Å². The molecule has 6 atom stereocenters. The lowest BCUT2D eigenvalue weighted by Crippen LogP contribution is -2.37. The number of halogens is 7. The smallest absolute Gasteiger partial charge is 0.394 e. The van der Waals surface area contributed by atoms with Crippen molar-refractivity contribution in [1.82, 2.24) is 29.7 Å². The predicted molar refractivity (Wildman–Crippen MR) is 179 cm³/mol. The molecule has 0 aliphatic carbocycles. The average molecular weight is 899 g/mol. The number of hydrogen-bond acceptors (Lipinski definition) is 12. The van der Waals surface area contributed by atoms with Crippen LogP contribution in [0, 0.1) is 27.9 Å². The summed E-state index contributed by atoms with van der Waals surface area (Å²) in [6.45, 7) is 2.55. The van der Waals surface area contributed by atoms with E-state index in [4.69, 9.17) is 19.7 Å². The van der Waals surface area contributed by atoms with Crippen molar-refractivity contribution < 1.29 is 65.8 Å². The zero-order valence-electron chi connectivity index (χ0n) is 27.8. The van der Waals surface area contributed by atoms with Gasteiger partial charge in [-0.05, 0) is 22.6 Å². The molecule has 2 aliphatic heterocycles. The molecule has 2 fully saturated rings. The molecular formula is C29H33F6IN6O12. The van der Waals surface area contributed by atoms with E-state index >= 15 is 0 Å². The van der Waals surface area contributed by atoms with Crippen LogP contribution in [0.1, 0.15) is 44.7 Å².